The predicted molar refractivity (Wildman–Crippen MR) is 125 cm³/mol. The van der Waals surface area contributed by atoms with Gasteiger partial charge in [0.15, 0.2) is 5.17 Å². The highest BCUT2D eigenvalue weighted by molar-refractivity contribution is 8.19. The molecule has 7 heteroatoms. The molecule has 4 rings (SSSR count). The van der Waals surface area contributed by atoms with E-state index in [9.17, 15) is 4.79 Å². The van der Waals surface area contributed by atoms with Crippen LogP contribution in [0.3, 0.4) is 0 Å². The second kappa shape index (κ2) is 8.64. The van der Waals surface area contributed by atoms with Crippen molar-refractivity contribution in [2.45, 2.75) is 0 Å². The first-order valence-electron chi connectivity index (χ1n) is 8.59. The van der Waals surface area contributed by atoms with Gasteiger partial charge < -0.3 is 0 Å². The van der Waals surface area contributed by atoms with E-state index in [-0.39, 0.29) is 5.91 Å². The van der Waals surface area contributed by atoms with Crippen LogP contribution in [0.2, 0.25) is 15.1 Å². The molecule has 0 bridgehead atoms. The molecule has 1 aliphatic heterocycles. The van der Waals surface area contributed by atoms with Gasteiger partial charge in [0, 0.05) is 15.1 Å². The van der Waals surface area contributed by atoms with Crippen molar-refractivity contribution in [3.8, 4) is 0 Å². The lowest BCUT2D eigenvalue weighted by Crippen LogP contribution is -2.28. The average molecular weight is 460 g/mol. The maximum absolute atomic E-state index is 13.2. The van der Waals surface area contributed by atoms with E-state index in [2.05, 4.69) is 4.99 Å². The van der Waals surface area contributed by atoms with Crippen molar-refractivity contribution in [1.82, 2.24) is 0 Å². The van der Waals surface area contributed by atoms with Gasteiger partial charge in [-0.3, -0.25) is 9.69 Å². The monoisotopic (exact) mass is 458 g/mol. The van der Waals surface area contributed by atoms with Crippen LogP contribution >= 0.6 is 46.6 Å². The zero-order valence-corrected chi connectivity index (χ0v) is 17.9. The molecule has 29 heavy (non-hydrogen) atoms. The number of hydrogen-bond donors (Lipinski definition) is 0. The first-order chi connectivity index (χ1) is 14.0. The third kappa shape index (κ3) is 4.68. The Labute approximate surface area is 187 Å². The van der Waals surface area contributed by atoms with Gasteiger partial charge in [0.1, 0.15) is 0 Å². The van der Waals surface area contributed by atoms with Crippen LogP contribution in [0.15, 0.2) is 82.7 Å². The lowest BCUT2D eigenvalue weighted by atomic mass is 10.2. The normalized spacial score (nSPS) is 16.8. The van der Waals surface area contributed by atoms with Crippen molar-refractivity contribution in [1.29, 1.82) is 0 Å². The zero-order valence-electron chi connectivity index (χ0n) is 14.9. The summed E-state index contributed by atoms with van der Waals surface area (Å²) in [5.41, 5.74) is 2.28. The van der Waals surface area contributed by atoms with Crippen LogP contribution in [-0.4, -0.2) is 11.1 Å². The van der Waals surface area contributed by atoms with E-state index in [0.29, 0.717) is 36.5 Å². The number of amidine groups is 1. The Morgan fingerprint density at radius 2 is 1.28 bits per heavy atom. The molecular weight excluding hydrogens is 447 g/mol. The number of hydrogen-bond acceptors (Lipinski definition) is 3. The van der Waals surface area contributed by atoms with Gasteiger partial charge in [-0.1, -0.05) is 46.9 Å². The molecule has 3 aromatic carbocycles. The summed E-state index contributed by atoms with van der Waals surface area (Å²) in [6, 6.07) is 21.5. The number of carbonyl (C=O) groups excluding carboxylic acids is 1. The number of rotatable bonds is 3. The second-order valence-corrected chi connectivity index (χ2v) is 8.47. The van der Waals surface area contributed by atoms with Crippen molar-refractivity contribution in [2.75, 3.05) is 4.90 Å². The summed E-state index contributed by atoms with van der Waals surface area (Å²) in [7, 11) is 0. The van der Waals surface area contributed by atoms with E-state index < -0.39 is 0 Å². The molecular formula is C22H13Cl3N2OS. The van der Waals surface area contributed by atoms with E-state index in [1.54, 1.807) is 65.6 Å². The van der Waals surface area contributed by atoms with Crippen molar-refractivity contribution >= 4 is 75.1 Å². The number of carbonyl (C=O) groups is 1. The Morgan fingerprint density at radius 1 is 0.759 bits per heavy atom. The van der Waals surface area contributed by atoms with Crippen LogP contribution in [0, 0.1) is 0 Å². The van der Waals surface area contributed by atoms with Gasteiger partial charge in [-0.15, -0.1) is 0 Å². The third-order valence-corrected chi connectivity index (χ3v) is 5.84. The first kappa shape index (κ1) is 20.0. The molecule has 1 aliphatic rings. The Morgan fingerprint density at radius 3 is 1.86 bits per heavy atom. The fourth-order valence-electron chi connectivity index (χ4n) is 2.70. The van der Waals surface area contributed by atoms with E-state index >= 15 is 0 Å². The number of amides is 1. The van der Waals surface area contributed by atoms with E-state index in [4.69, 9.17) is 34.8 Å². The zero-order chi connectivity index (χ0) is 20.4. The molecule has 1 saturated heterocycles. The van der Waals surface area contributed by atoms with Crippen LogP contribution in [0.4, 0.5) is 11.4 Å². The molecule has 0 unspecified atom stereocenters. The largest absolute Gasteiger partial charge is 0.271 e. The summed E-state index contributed by atoms with van der Waals surface area (Å²) in [5, 5.41) is 2.42. The van der Waals surface area contributed by atoms with Gasteiger partial charge in [0.05, 0.1) is 16.3 Å². The second-order valence-electron chi connectivity index (χ2n) is 6.15. The molecule has 0 saturated carbocycles. The Bertz CT molecular complexity index is 1110. The standard InChI is InChI=1S/C22H13Cl3N2OS/c23-15-3-1-14(2-4-15)13-20-21(28)27(19-11-7-17(25)8-12-19)22(29-20)26-18-9-5-16(24)6-10-18/h1-13H/b20-13+,26-22?. The minimum absolute atomic E-state index is 0.153. The molecule has 0 spiro atoms. The van der Waals surface area contributed by atoms with Crippen LogP contribution in [0.5, 0.6) is 0 Å². The van der Waals surface area contributed by atoms with Gasteiger partial charge in [0.25, 0.3) is 5.91 Å². The van der Waals surface area contributed by atoms with Gasteiger partial charge >= 0.3 is 0 Å². The maximum Gasteiger partial charge on any atom is 0.271 e. The molecule has 0 atom stereocenters. The highest BCUT2D eigenvalue weighted by Crippen LogP contribution is 2.37. The van der Waals surface area contributed by atoms with Crippen LogP contribution in [-0.2, 0) is 4.79 Å². The molecule has 0 N–H and O–H groups in total. The summed E-state index contributed by atoms with van der Waals surface area (Å²) in [6.07, 6.45) is 1.83. The highest BCUT2D eigenvalue weighted by atomic mass is 35.5. The summed E-state index contributed by atoms with van der Waals surface area (Å²) in [4.78, 5) is 20.0. The molecule has 0 radical (unpaired) electrons. The maximum atomic E-state index is 13.2. The fourth-order valence-corrected chi connectivity index (χ4v) is 4.08. The molecule has 144 valence electrons. The summed E-state index contributed by atoms with van der Waals surface area (Å²) >= 11 is 19.2. The molecule has 1 heterocycles. The number of halogens is 3. The number of aliphatic imine (C=N–C) groups is 1. The molecule has 0 aromatic heterocycles. The van der Waals surface area contributed by atoms with Gasteiger partial charge in [-0.25, -0.2) is 4.99 Å². The van der Waals surface area contributed by atoms with Crippen molar-refractivity contribution in [2.24, 2.45) is 4.99 Å². The van der Waals surface area contributed by atoms with Gasteiger partial charge in [-0.2, -0.15) is 0 Å². The van der Waals surface area contributed by atoms with Crippen LogP contribution < -0.4 is 4.90 Å². The summed E-state index contributed by atoms with van der Waals surface area (Å²) in [6.45, 7) is 0. The number of nitrogens with zero attached hydrogens (tertiary/aromatic N) is 2. The van der Waals surface area contributed by atoms with Crippen molar-refractivity contribution in [3.63, 3.8) is 0 Å². The molecule has 3 aromatic rings. The van der Waals surface area contributed by atoms with Gasteiger partial charge in [0.2, 0.25) is 0 Å². The minimum atomic E-state index is -0.153. The lowest BCUT2D eigenvalue weighted by Gasteiger charge is -2.15. The van der Waals surface area contributed by atoms with E-state index in [1.165, 1.54) is 11.8 Å². The Hall–Kier alpha value is -2.24. The Kier molecular flexibility index (Phi) is 5.97. The lowest BCUT2D eigenvalue weighted by molar-refractivity contribution is -0.113. The number of anilines is 1. The molecule has 3 nitrogen and oxygen atoms in total. The Balaban J connectivity index is 1.76. The minimum Gasteiger partial charge on any atom is -0.268 e. The molecule has 1 fully saturated rings. The van der Waals surface area contributed by atoms with Gasteiger partial charge in [-0.05, 0) is 84.1 Å². The topological polar surface area (TPSA) is 32.7 Å². The third-order valence-electron chi connectivity index (χ3n) is 4.11. The summed E-state index contributed by atoms with van der Waals surface area (Å²) < 4.78 is 0. The molecule has 1 amide bonds. The van der Waals surface area contributed by atoms with E-state index in [0.717, 1.165) is 5.56 Å². The predicted octanol–water partition coefficient (Wildman–Crippen LogP) is 7.46. The SMILES string of the molecule is O=C1/C(=C\c2ccc(Cl)cc2)SC(=Nc2ccc(Cl)cc2)N1c1ccc(Cl)cc1. The van der Waals surface area contributed by atoms with Crippen LogP contribution in [0.25, 0.3) is 6.08 Å². The smallest absolute Gasteiger partial charge is 0.268 e. The number of thioether (sulfide) groups is 1. The molecule has 0 aliphatic carbocycles. The highest BCUT2D eigenvalue weighted by Gasteiger charge is 2.34. The van der Waals surface area contributed by atoms with Crippen molar-refractivity contribution < 1.29 is 4.79 Å². The van der Waals surface area contributed by atoms with Crippen LogP contribution in [0.1, 0.15) is 5.56 Å². The summed E-state index contributed by atoms with van der Waals surface area (Å²) in [5.74, 6) is -0.153. The quantitative estimate of drug-likeness (QED) is 0.381. The van der Waals surface area contributed by atoms with Crippen molar-refractivity contribution in [3.05, 3.63) is 98.3 Å². The number of benzene rings is 3. The first-order valence-corrected chi connectivity index (χ1v) is 10.5. The average Bonchev–Trinajstić information content (AvgIpc) is 3.01. The van der Waals surface area contributed by atoms with E-state index in [1.807, 2.05) is 18.2 Å². The fraction of sp³-hybridized carbons (Fsp3) is 0.